The van der Waals surface area contributed by atoms with Gasteiger partial charge >= 0.3 is 0 Å². The summed E-state index contributed by atoms with van der Waals surface area (Å²) in [4.78, 5) is 16.7. The fourth-order valence-corrected chi connectivity index (χ4v) is 4.20. The molecule has 1 aliphatic heterocycles. The molecule has 27 heavy (non-hydrogen) atoms. The maximum absolute atomic E-state index is 12.7. The highest BCUT2D eigenvalue weighted by atomic mass is 79.9. The minimum Gasteiger partial charge on any atom is -0.368 e. The highest BCUT2D eigenvalue weighted by Crippen LogP contribution is 2.21. The fraction of sp³-hybridized carbons (Fsp3) is 0.316. The molecule has 3 rings (SSSR count). The standard InChI is InChI=1S/C19H22BrN3O3S/c1-27(25,26)23(18-9-7-16(20)8-10-18)15-19(24)22-13-11-21(12-14-22)17-5-3-2-4-6-17/h2-10H,11-15H2,1H3. The van der Waals surface area contributed by atoms with Crippen LogP contribution < -0.4 is 9.21 Å². The molecule has 0 spiro atoms. The molecule has 1 aliphatic rings. The molecule has 6 nitrogen and oxygen atoms in total. The van der Waals surface area contributed by atoms with Gasteiger partial charge in [0.1, 0.15) is 6.54 Å². The average molecular weight is 452 g/mol. The molecular weight excluding hydrogens is 430 g/mol. The molecule has 1 fully saturated rings. The number of hydrogen-bond donors (Lipinski definition) is 0. The van der Waals surface area contributed by atoms with Crippen molar-refractivity contribution >= 4 is 43.2 Å². The van der Waals surface area contributed by atoms with Crippen molar-refractivity contribution in [3.8, 4) is 0 Å². The molecule has 2 aromatic carbocycles. The van der Waals surface area contributed by atoms with Crippen LogP contribution in [0.5, 0.6) is 0 Å². The molecule has 1 saturated heterocycles. The summed E-state index contributed by atoms with van der Waals surface area (Å²) in [6, 6.07) is 17.0. The van der Waals surface area contributed by atoms with Gasteiger partial charge in [-0.15, -0.1) is 0 Å². The van der Waals surface area contributed by atoms with Crippen molar-refractivity contribution in [3.63, 3.8) is 0 Å². The van der Waals surface area contributed by atoms with Crippen LogP contribution >= 0.6 is 15.9 Å². The zero-order valence-corrected chi connectivity index (χ0v) is 17.5. The number of anilines is 2. The van der Waals surface area contributed by atoms with Gasteiger partial charge in [-0.1, -0.05) is 34.1 Å². The van der Waals surface area contributed by atoms with Gasteiger partial charge in [-0.2, -0.15) is 0 Å². The van der Waals surface area contributed by atoms with E-state index in [1.54, 1.807) is 29.2 Å². The second kappa shape index (κ2) is 8.31. The van der Waals surface area contributed by atoms with E-state index in [2.05, 4.69) is 33.0 Å². The van der Waals surface area contributed by atoms with E-state index >= 15 is 0 Å². The number of piperazine rings is 1. The number of carbonyl (C=O) groups excluding carboxylic acids is 1. The SMILES string of the molecule is CS(=O)(=O)N(CC(=O)N1CCN(c2ccccc2)CC1)c1ccc(Br)cc1. The van der Waals surface area contributed by atoms with Crippen molar-refractivity contribution < 1.29 is 13.2 Å². The molecule has 0 aliphatic carbocycles. The Morgan fingerprint density at radius 1 is 1.00 bits per heavy atom. The Morgan fingerprint density at radius 3 is 2.15 bits per heavy atom. The topological polar surface area (TPSA) is 60.9 Å². The normalized spacial score (nSPS) is 14.9. The fourth-order valence-electron chi connectivity index (χ4n) is 3.08. The van der Waals surface area contributed by atoms with E-state index in [0.29, 0.717) is 18.8 Å². The van der Waals surface area contributed by atoms with Crippen LogP contribution in [0.25, 0.3) is 0 Å². The van der Waals surface area contributed by atoms with Crippen molar-refractivity contribution in [2.24, 2.45) is 0 Å². The Kier molecular flexibility index (Phi) is 6.06. The van der Waals surface area contributed by atoms with Gasteiger partial charge in [0.2, 0.25) is 15.9 Å². The van der Waals surface area contributed by atoms with Crippen LogP contribution in [0, 0.1) is 0 Å². The van der Waals surface area contributed by atoms with Crippen LogP contribution in [-0.2, 0) is 14.8 Å². The molecule has 8 heteroatoms. The summed E-state index contributed by atoms with van der Waals surface area (Å²) >= 11 is 3.34. The molecule has 0 radical (unpaired) electrons. The largest absolute Gasteiger partial charge is 0.368 e. The van der Waals surface area contributed by atoms with E-state index in [4.69, 9.17) is 0 Å². The summed E-state index contributed by atoms with van der Waals surface area (Å²) in [7, 11) is -3.56. The summed E-state index contributed by atoms with van der Waals surface area (Å²) in [6.45, 7) is 2.42. The number of benzene rings is 2. The Labute approximate surface area is 168 Å². The molecule has 1 heterocycles. The van der Waals surface area contributed by atoms with Crippen LogP contribution in [0.4, 0.5) is 11.4 Å². The van der Waals surface area contributed by atoms with Crippen LogP contribution in [-0.4, -0.2) is 58.2 Å². The Balaban J connectivity index is 1.66. The third-order valence-corrected chi connectivity index (χ3v) is 6.22. The summed E-state index contributed by atoms with van der Waals surface area (Å²) in [5, 5.41) is 0. The van der Waals surface area contributed by atoms with E-state index in [1.807, 2.05) is 18.2 Å². The van der Waals surface area contributed by atoms with Crippen molar-refractivity contribution in [3.05, 3.63) is 59.1 Å². The lowest BCUT2D eigenvalue weighted by Crippen LogP contribution is -2.51. The molecule has 0 N–H and O–H groups in total. The van der Waals surface area contributed by atoms with E-state index < -0.39 is 10.0 Å². The third kappa shape index (κ3) is 5.01. The Hall–Kier alpha value is -2.06. The predicted molar refractivity (Wildman–Crippen MR) is 112 cm³/mol. The lowest BCUT2D eigenvalue weighted by Gasteiger charge is -2.37. The quantitative estimate of drug-likeness (QED) is 0.700. The first kappa shape index (κ1) is 19.7. The first-order chi connectivity index (χ1) is 12.8. The number of sulfonamides is 1. The first-order valence-electron chi connectivity index (χ1n) is 8.65. The van der Waals surface area contributed by atoms with Crippen molar-refractivity contribution in [2.45, 2.75) is 0 Å². The smallest absolute Gasteiger partial charge is 0.243 e. The number of carbonyl (C=O) groups is 1. The summed E-state index contributed by atoms with van der Waals surface area (Å²) in [5.74, 6) is -0.184. The van der Waals surface area contributed by atoms with Gasteiger partial charge in [-0.25, -0.2) is 8.42 Å². The maximum Gasteiger partial charge on any atom is 0.243 e. The average Bonchev–Trinajstić information content (AvgIpc) is 2.67. The first-order valence-corrected chi connectivity index (χ1v) is 11.3. The molecule has 0 unspecified atom stereocenters. The highest BCUT2D eigenvalue weighted by Gasteiger charge is 2.26. The van der Waals surface area contributed by atoms with E-state index in [0.717, 1.165) is 33.8 Å². The number of rotatable bonds is 5. The summed E-state index contributed by atoms with van der Waals surface area (Å²) < 4.78 is 26.4. The summed E-state index contributed by atoms with van der Waals surface area (Å²) in [6.07, 6.45) is 1.12. The number of amides is 1. The van der Waals surface area contributed by atoms with Crippen molar-refractivity contribution in [1.82, 2.24) is 4.90 Å². The zero-order chi connectivity index (χ0) is 19.4. The molecule has 0 atom stereocenters. The lowest BCUT2D eigenvalue weighted by atomic mass is 10.2. The van der Waals surface area contributed by atoms with Gasteiger partial charge in [0.05, 0.1) is 11.9 Å². The van der Waals surface area contributed by atoms with Crippen LogP contribution in [0.3, 0.4) is 0 Å². The molecule has 0 aromatic heterocycles. The van der Waals surface area contributed by atoms with Gasteiger partial charge in [-0.05, 0) is 36.4 Å². The van der Waals surface area contributed by atoms with Crippen molar-refractivity contribution in [2.75, 3.05) is 48.2 Å². The molecular formula is C19H22BrN3O3S. The van der Waals surface area contributed by atoms with Gasteiger partial charge in [0.25, 0.3) is 0 Å². The number of nitrogens with zero attached hydrogens (tertiary/aromatic N) is 3. The van der Waals surface area contributed by atoms with E-state index in [9.17, 15) is 13.2 Å². The van der Waals surface area contributed by atoms with Crippen LogP contribution in [0.2, 0.25) is 0 Å². The van der Waals surface area contributed by atoms with E-state index in [1.165, 1.54) is 0 Å². The molecule has 2 aromatic rings. The monoisotopic (exact) mass is 451 g/mol. The molecule has 144 valence electrons. The van der Waals surface area contributed by atoms with Gasteiger partial charge in [-0.3, -0.25) is 9.10 Å². The predicted octanol–water partition coefficient (Wildman–Crippen LogP) is 2.56. The maximum atomic E-state index is 12.7. The minimum atomic E-state index is -3.56. The Bertz CT molecular complexity index is 880. The van der Waals surface area contributed by atoms with E-state index in [-0.39, 0.29) is 12.5 Å². The lowest BCUT2D eigenvalue weighted by molar-refractivity contribution is -0.129. The zero-order valence-electron chi connectivity index (χ0n) is 15.1. The second-order valence-corrected chi connectivity index (χ2v) is 9.27. The van der Waals surface area contributed by atoms with Crippen LogP contribution in [0.15, 0.2) is 59.1 Å². The number of hydrogen-bond acceptors (Lipinski definition) is 4. The van der Waals surface area contributed by atoms with Crippen LogP contribution in [0.1, 0.15) is 0 Å². The minimum absolute atomic E-state index is 0.184. The van der Waals surface area contributed by atoms with Crippen molar-refractivity contribution in [1.29, 1.82) is 0 Å². The van der Waals surface area contributed by atoms with Gasteiger partial charge in [0.15, 0.2) is 0 Å². The number of halogens is 1. The Morgan fingerprint density at radius 2 is 1.59 bits per heavy atom. The van der Waals surface area contributed by atoms with Gasteiger partial charge < -0.3 is 9.80 Å². The molecule has 0 saturated carbocycles. The second-order valence-electron chi connectivity index (χ2n) is 6.45. The molecule has 0 bridgehead atoms. The number of para-hydroxylation sites is 1. The third-order valence-electron chi connectivity index (χ3n) is 4.55. The highest BCUT2D eigenvalue weighted by molar-refractivity contribution is 9.10. The molecule has 1 amide bonds. The summed E-state index contributed by atoms with van der Waals surface area (Å²) in [5.41, 5.74) is 1.62. The van der Waals surface area contributed by atoms with Gasteiger partial charge in [0, 0.05) is 36.3 Å².